The van der Waals surface area contributed by atoms with Crippen molar-refractivity contribution < 1.29 is 23.1 Å². The minimum atomic E-state index is -3.70. The van der Waals surface area contributed by atoms with Crippen LogP contribution in [0.15, 0.2) is 27.6 Å². The summed E-state index contributed by atoms with van der Waals surface area (Å²) in [7, 11) is -3.70. The number of ether oxygens (including phenoxy) is 1. The highest BCUT2D eigenvalue weighted by atomic mass is 79.9. The fourth-order valence-electron chi connectivity index (χ4n) is 1.92. The molecule has 1 unspecified atom stereocenters. The van der Waals surface area contributed by atoms with Crippen LogP contribution in [0, 0.1) is 6.92 Å². The molecule has 0 spiro atoms. The Morgan fingerprint density at radius 2 is 2.20 bits per heavy atom. The highest BCUT2D eigenvalue weighted by Gasteiger charge is 2.34. The Balaban J connectivity index is 2.29. The fourth-order valence-corrected chi connectivity index (χ4v) is 3.68. The third-order valence-electron chi connectivity index (χ3n) is 3.07. The van der Waals surface area contributed by atoms with Crippen LogP contribution >= 0.6 is 15.9 Å². The Morgan fingerprint density at radius 3 is 2.80 bits per heavy atom. The summed E-state index contributed by atoms with van der Waals surface area (Å²) in [5.41, 5.74) is 0.800. The molecule has 1 atom stereocenters. The minimum Gasteiger partial charge on any atom is -0.479 e. The van der Waals surface area contributed by atoms with Gasteiger partial charge in [0.15, 0.2) is 6.10 Å². The SMILES string of the molecule is Cc1cc(S(=O)(=O)N2CCOC(C(=O)O)C2)ccc1Br. The largest absolute Gasteiger partial charge is 0.479 e. The van der Waals surface area contributed by atoms with Crippen LogP contribution < -0.4 is 0 Å². The summed E-state index contributed by atoms with van der Waals surface area (Å²) in [6.45, 7) is 1.85. The van der Waals surface area contributed by atoms with E-state index in [1.165, 1.54) is 6.07 Å². The smallest absolute Gasteiger partial charge is 0.334 e. The number of carbonyl (C=O) groups is 1. The molecule has 1 aromatic rings. The monoisotopic (exact) mass is 363 g/mol. The van der Waals surface area contributed by atoms with Crippen LogP contribution in [-0.2, 0) is 19.6 Å². The van der Waals surface area contributed by atoms with Crippen LogP contribution in [-0.4, -0.2) is 49.6 Å². The first-order valence-corrected chi connectivity index (χ1v) is 8.16. The second-order valence-corrected chi connectivity index (χ2v) is 7.26. The molecule has 1 heterocycles. The number of aliphatic carboxylic acids is 1. The van der Waals surface area contributed by atoms with Gasteiger partial charge in [0.05, 0.1) is 18.0 Å². The van der Waals surface area contributed by atoms with Crippen LogP contribution in [0.4, 0.5) is 0 Å². The maximum absolute atomic E-state index is 12.5. The molecule has 20 heavy (non-hydrogen) atoms. The topological polar surface area (TPSA) is 83.9 Å². The number of aryl methyl sites for hydroxylation is 1. The third kappa shape index (κ3) is 3.03. The van der Waals surface area contributed by atoms with Crippen LogP contribution in [0.3, 0.4) is 0 Å². The number of benzene rings is 1. The van der Waals surface area contributed by atoms with Gasteiger partial charge in [0.2, 0.25) is 10.0 Å². The molecule has 6 nitrogen and oxygen atoms in total. The lowest BCUT2D eigenvalue weighted by Gasteiger charge is -2.30. The van der Waals surface area contributed by atoms with E-state index in [9.17, 15) is 13.2 Å². The fraction of sp³-hybridized carbons (Fsp3) is 0.417. The lowest BCUT2D eigenvalue weighted by Crippen LogP contribution is -2.48. The van der Waals surface area contributed by atoms with Crippen LogP contribution in [0.25, 0.3) is 0 Å². The van der Waals surface area contributed by atoms with Crippen molar-refractivity contribution in [1.29, 1.82) is 0 Å². The van der Waals surface area contributed by atoms with E-state index in [0.29, 0.717) is 0 Å². The highest BCUT2D eigenvalue weighted by Crippen LogP contribution is 2.23. The van der Waals surface area contributed by atoms with E-state index in [1.807, 2.05) is 0 Å². The van der Waals surface area contributed by atoms with Gasteiger partial charge >= 0.3 is 5.97 Å². The van der Waals surface area contributed by atoms with Crippen molar-refractivity contribution >= 4 is 31.9 Å². The Hall–Kier alpha value is -0.960. The number of morpholine rings is 1. The average Bonchev–Trinajstić information content (AvgIpc) is 2.42. The van der Waals surface area contributed by atoms with E-state index in [4.69, 9.17) is 9.84 Å². The van der Waals surface area contributed by atoms with Crippen molar-refractivity contribution in [3.8, 4) is 0 Å². The van der Waals surface area contributed by atoms with Gasteiger partial charge in [0.1, 0.15) is 0 Å². The van der Waals surface area contributed by atoms with E-state index in [2.05, 4.69) is 15.9 Å². The van der Waals surface area contributed by atoms with Crippen molar-refractivity contribution in [2.45, 2.75) is 17.9 Å². The summed E-state index contributed by atoms with van der Waals surface area (Å²) in [6.07, 6.45) is -1.12. The number of rotatable bonds is 3. The summed E-state index contributed by atoms with van der Waals surface area (Å²) >= 11 is 3.31. The molecule has 1 saturated heterocycles. The van der Waals surface area contributed by atoms with Crippen molar-refractivity contribution in [1.82, 2.24) is 4.31 Å². The number of carboxylic acid groups (broad SMARTS) is 1. The number of hydrogen-bond donors (Lipinski definition) is 1. The standard InChI is InChI=1S/C12H14BrNO5S/c1-8-6-9(2-3-10(8)13)20(17,18)14-4-5-19-11(7-14)12(15)16/h2-3,6,11H,4-5,7H2,1H3,(H,15,16). The lowest BCUT2D eigenvalue weighted by molar-refractivity contribution is -0.153. The van der Waals surface area contributed by atoms with Crippen LogP contribution in [0.2, 0.25) is 0 Å². The van der Waals surface area contributed by atoms with Gasteiger partial charge in [-0.15, -0.1) is 0 Å². The Morgan fingerprint density at radius 1 is 1.50 bits per heavy atom. The number of halogens is 1. The summed E-state index contributed by atoms with van der Waals surface area (Å²) in [4.78, 5) is 11.1. The normalized spacial score (nSPS) is 20.8. The molecule has 110 valence electrons. The minimum absolute atomic E-state index is 0.0751. The summed E-state index contributed by atoms with van der Waals surface area (Å²) in [5.74, 6) is -1.16. The Bertz CT molecular complexity index is 631. The van der Waals surface area contributed by atoms with E-state index >= 15 is 0 Å². The molecule has 0 aliphatic carbocycles. The summed E-state index contributed by atoms with van der Waals surface area (Å²) < 4.78 is 32.0. The summed E-state index contributed by atoms with van der Waals surface area (Å²) in [6, 6.07) is 4.72. The third-order valence-corrected chi connectivity index (χ3v) is 5.82. The molecule has 1 aliphatic rings. The second-order valence-electron chi connectivity index (χ2n) is 4.47. The van der Waals surface area contributed by atoms with E-state index < -0.39 is 22.1 Å². The van der Waals surface area contributed by atoms with Gasteiger partial charge in [-0.2, -0.15) is 4.31 Å². The molecule has 0 aromatic heterocycles. The molecular formula is C12H14BrNO5S. The molecule has 0 saturated carbocycles. The van der Waals surface area contributed by atoms with Gasteiger partial charge in [-0.05, 0) is 30.7 Å². The molecule has 0 radical (unpaired) electrons. The number of nitrogens with zero attached hydrogens (tertiary/aromatic N) is 1. The van der Waals surface area contributed by atoms with Crippen LogP contribution in [0.5, 0.6) is 0 Å². The van der Waals surface area contributed by atoms with Gasteiger partial charge in [-0.25, -0.2) is 13.2 Å². The Labute approximate surface area is 125 Å². The van der Waals surface area contributed by atoms with Gasteiger partial charge in [0.25, 0.3) is 0 Å². The van der Waals surface area contributed by atoms with E-state index in [1.54, 1.807) is 19.1 Å². The van der Waals surface area contributed by atoms with E-state index in [0.717, 1.165) is 14.3 Å². The first-order chi connectivity index (χ1) is 9.32. The average molecular weight is 364 g/mol. The van der Waals surface area contributed by atoms with Crippen molar-refractivity contribution in [3.05, 3.63) is 28.2 Å². The number of carboxylic acids is 1. The maximum Gasteiger partial charge on any atom is 0.334 e. The maximum atomic E-state index is 12.5. The van der Waals surface area contributed by atoms with E-state index in [-0.39, 0.29) is 24.6 Å². The molecule has 1 N–H and O–H groups in total. The molecule has 2 rings (SSSR count). The van der Waals surface area contributed by atoms with Crippen molar-refractivity contribution in [2.75, 3.05) is 19.7 Å². The summed E-state index contributed by atoms with van der Waals surface area (Å²) in [5, 5.41) is 8.92. The van der Waals surface area contributed by atoms with Crippen molar-refractivity contribution in [2.24, 2.45) is 0 Å². The predicted octanol–water partition coefficient (Wildman–Crippen LogP) is 1.23. The molecule has 8 heteroatoms. The molecule has 1 fully saturated rings. The second kappa shape index (κ2) is 5.80. The van der Waals surface area contributed by atoms with Crippen LogP contribution in [0.1, 0.15) is 5.56 Å². The molecule has 0 bridgehead atoms. The van der Waals surface area contributed by atoms with Gasteiger partial charge in [0, 0.05) is 11.0 Å². The quantitative estimate of drug-likeness (QED) is 0.872. The first-order valence-electron chi connectivity index (χ1n) is 5.93. The molecule has 1 aromatic carbocycles. The zero-order valence-electron chi connectivity index (χ0n) is 10.7. The highest BCUT2D eigenvalue weighted by molar-refractivity contribution is 9.10. The molecule has 0 amide bonds. The van der Waals surface area contributed by atoms with Gasteiger partial charge < -0.3 is 9.84 Å². The predicted molar refractivity (Wildman–Crippen MR) is 75.0 cm³/mol. The van der Waals surface area contributed by atoms with Gasteiger partial charge in [-0.3, -0.25) is 0 Å². The Kier molecular flexibility index (Phi) is 4.48. The zero-order valence-corrected chi connectivity index (χ0v) is 13.1. The number of hydrogen-bond acceptors (Lipinski definition) is 4. The lowest BCUT2D eigenvalue weighted by atomic mass is 10.2. The molecule has 1 aliphatic heterocycles. The van der Waals surface area contributed by atoms with Crippen molar-refractivity contribution in [3.63, 3.8) is 0 Å². The number of sulfonamides is 1. The first kappa shape index (κ1) is 15.4. The zero-order chi connectivity index (χ0) is 14.9. The van der Waals surface area contributed by atoms with Gasteiger partial charge in [-0.1, -0.05) is 15.9 Å². The molecular weight excluding hydrogens is 350 g/mol.